The van der Waals surface area contributed by atoms with E-state index in [1.165, 1.54) is 0 Å². The second kappa shape index (κ2) is 18.1. The summed E-state index contributed by atoms with van der Waals surface area (Å²) in [4.78, 5) is 4.75. The highest BCUT2D eigenvalue weighted by atomic mass is 16.7. The number of benzene rings is 7. The Morgan fingerprint density at radius 2 is 0.395 bits per heavy atom. The fourth-order valence-corrected chi connectivity index (χ4v) is 10.4. The predicted octanol–water partition coefficient (Wildman–Crippen LogP) is 12.1. The van der Waals surface area contributed by atoms with E-state index in [2.05, 4.69) is 266 Å². The first-order valence-corrected chi connectivity index (χ1v) is 27.0. The predicted molar refractivity (Wildman–Crippen MR) is 314 cm³/mol. The topological polar surface area (TPSA) is 80.3 Å². The zero-order valence-corrected chi connectivity index (χ0v) is 47.3. The molecule has 14 heteroatoms. The minimum atomic E-state index is -0.504. The van der Waals surface area contributed by atoms with Crippen LogP contribution in [0.15, 0.2) is 146 Å². The summed E-state index contributed by atoms with van der Waals surface area (Å²) in [5.74, 6) is 0. The molecule has 11 rings (SSSR count). The molecular weight excluding hydrogens is 944 g/mol. The van der Waals surface area contributed by atoms with Crippen molar-refractivity contribution in [3.05, 3.63) is 146 Å². The fraction of sp³-hybridized carbons (Fsp3) is 0.387. The van der Waals surface area contributed by atoms with E-state index in [4.69, 9.17) is 37.2 Å². The molecular formula is C62H72B4N2O8. The molecule has 7 aromatic rings. The Balaban J connectivity index is 1.08. The van der Waals surface area contributed by atoms with Gasteiger partial charge in [-0.2, -0.15) is 0 Å². The molecule has 0 unspecified atom stereocenters. The third-order valence-electron chi connectivity index (χ3n) is 18.0. The number of anilines is 6. The molecule has 0 aromatic heterocycles. The second-order valence-electron chi connectivity index (χ2n) is 25.2. The van der Waals surface area contributed by atoms with Crippen LogP contribution in [0.1, 0.15) is 111 Å². The van der Waals surface area contributed by atoms with Crippen molar-refractivity contribution in [2.45, 2.75) is 156 Å². The normalized spacial score (nSPS) is 21.5. The van der Waals surface area contributed by atoms with Crippen LogP contribution in [0.4, 0.5) is 34.1 Å². The Morgan fingerprint density at radius 3 is 0.553 bits per heavy atom. The molecule has 10 nitrogen and oxygen atoms in total. The number of hydrogen-bond acceptors (Lipinski definition) is 10. The second-order valence-corrected chi connectivity index (χ2v) is 25.2. The van der Waals surface area contributed by atoms with E-state index in [-0.39, 0.29) is 0 Å². The molecule has 4 saturated heterocycles. The lowest BCUT2D eigenvalue weighted by molar-refractivity contribution is 0.00578. The van der Waals surface area contributed by atoms with Crippen LogP contribution < -0.4 is 31.7 Å². The van der Waals surface area contributed by atoms with E-state index in [1.54, 1.807) is 0 Å². The Bertz CT molecular complexity index is 2820. The number of nitrogens with zero attached hydrogens (tertiary/aromatic N) is 2. The first-order valence-electron chi connectivity index (χ1n) is 27.0. The Morgan fingerprint density at radius 1 is 0.237 bits per heavy atom. The van der Waals surface area contributed by atoms with Gasteiger partial charge in [-0.3, -0.25) is 0 Å². The van der Waals surface area contributed by atoms with Gasteiger partial charge in [0.15, 0.2) is 0 Å². The van der Waals surface area contributed by atoms with Crippen LogP contribution in [0.3, 0.4) is 0 Å². The van der Waals surface area contributed by atoms with Crippen molar-refractivity contribution in [3.8, 4) is 0 Å². The summed E-state index contributed by atoms with van der Waals surface area (Å²) in [5, 5.41) is 4.26. The summed E-state index contributed by atoms with van der Waals surface area (Å²) in [6, 6.07) is 51.9. The van der Waals surface area contributed by atoms with Gasteiger partial charge in [0, 0.05) is 44.3 Å². The lowest BCUT2D eigenvalue weighted by Gasteiger charge is -2.33. The van der Waals surface area contributed by atoms with Crippen molar-refractivity contribution < 1.29 is 37.2 Å². The summed E-state index contributed by atoms with van der Waals surface area (Å²) < 4.78 is 52.3. The summed E-state index contributed by atoms with van der Waals surface area (Å²) in [5.41, 5.74) is 5.99. The minimum absolute atomic E-state index is 0.473. The zero-order valence-electron chi connectivity index (χ0n) is 47.3. The summed E-state index contributed by atoms with van der Waals surface area (Å²) in [7, 11) is -2.02. The SMILES string of the molecule is CC1(C)OB(c2ccc(N(c3ccc(B4OC(C)(C)C(C)(C)O4)cc3)c3c4ccccc4c(N(c4ccc(B5OC(C)(C)C(C)(C)O5)cc4)c4ccc(B5OC(C)(C)C(C)(C)O5)cc4)c4ccccc34)cc2)OC1(C)C. The van der Waals surface area contributed by atoms with Gasteiger partial charge in [-0.1, -0.05) is 97.1 Å². The molecule has 0 N–H and O–H groups in total. The maximum absolute atomic E-state index is 6.54. The van der Waals surface area contributed by atoms with Crippen molar-refractivity contribution in [1.29, 1.82) is 0 Å². The fourth-order valence-electron chi connectivity index (χ4n) is 10.4. The molecule has 0 radical (unpaired) electrons. The third-order valence-corrected chi connectivity index (χ3v) is 18.0. The molecule has 4 heterocycles. The van der Waals surface area contributed by atoms with E-state index < -0.39 is 73.3 Å². The molecule has 4 aliphatic rings. The van der Waals surface area contributed by atoms with Gasteiger partial charge in [0.05, 0.1) is 56.2 Å². The van der Waals surface area contributed by atoms with Crippen molar-refractivity contribution in [2.75, 3.05) is 9.80 Å². The highest BCUT2D eigenvalue weighted by molar-refractivity contribution is 6.63. The molecule has 7 aromatic carbocycles. The van der Waals surface area contributed by atoms with Gasteiger partial charge in [0.2, 0.25) is 0 Å². The maximum atomic E-state index is 6.54. The molecule has 0 saturated carbocycles. The van der Waals surface area contributed by atoms with Gasteiger partial charge >= 0.3 is 28.5 Å². The first kappa shape index (κ1) is 52.6. The highest BCUT2D eigenvalue weighted by Gasteiger charge is 2.55. The number of fused-ring (bicyclic) bond motifs is 2. The molecule has 0 amide bonds. The van der Waals surface area contributed by atoms with Crippen LogP contribution in [0.5, 0.6) is 0 Å². The van der Waals surface area contributed by atoms with Crippen molar-refractivity contribution in [1.82, 2.24) is 0 Å². The third kappa shape index (κ3) is 8.81. The highest BCUT2D eigenvalue weighted by Crippen LogP contribution is 2.51. The van der Waals surface area contributed by atoms with E-state index in [0.717, 1.165) is 77.5 Å². The van der Waals surface area contributed by atoms with Crippen LogP contribution in [-0.2, 0) is 37.2 Å². The van der Waals surface area contributed by atoms with E-state index in [1.807, 2.05) is 0 Å². The summed E-state index contributed by atoms with van der Waals surface area (Å²) in [6.07, 6.45) is 0. The Labute approximate surface area is 452 Å². The molecule has 0 aliphatic carbocycles. The van der Waals surface area contributed by atoms with Crippen LogP contribution in [-0.4, -0.2) is 73.3 Å². The van der Waals surface area contributed by atoms with Crippen LogP contribution in [0, 0.1) is 0 Å². The minimum Gasteiger partial charge on any atom is -0.399 e. The van der Waals surface area contributed by atoms with Gasteiger partial charge < -0.3 is 47.0 Å². The molecule has 0 spiro atoms. The van der Waals surface area contributed by atoms with Gasteiger partial charge in [-0.05, 0) is 181 Å². The van der Waals surface area contributed by atoms with E-state index >= 15 is 0 Å². The average molecular weight is 1020 g/mol. The van der Waals surface area contributed by atoms with Gasteiger partial charge in [0.1, 0.15) is 0 Å². The smallest absolute Gasteiger partial charge is 0.399 e. The van der Waals surface area contributed by atoms with Gasteiger partial charge in [-0.15, -0.1) is 0 Å². The van der Waals surface area contributed by atoms with E-state index in [0.29, 0.717) is 0 Å². The zero-order chi connectivity index (χ0) is 54.2. The van der Waals surface area contributed by atoms with Gasteiger partial charge in [-0.25, -0.2) is 0 Å². The molecule has 4 aliphatic heterocycles. The monoisotopic (exact) mass is 1020 g/mol. The van der Waals surface area contributed by atoms with Crippen molar-refractivity contribution in [2.24, 2.45) is 0 Å². The van der Waals surface area contributed by atoms with E-state index in [9.17, 15) is 0 Å². The Hall–Kier alpha value is -5.40. The first-order chi connectivity index (χ1) is 35.6. The Kier molecular flexibility index (Phi) is 12.5. The maximum Gasteiger partial charge on any atom is 0.494 e. The largest absolute Gasteiger partial charge is 0.494 e. The standard InChI is InChI=1S/C62H72B4N2O8/c1-55(2)56(3,4)70-63(69-55)41-25-33-45(34-26-41)67(46-35-27-42(28-36-46)64-71-57(5,6)58(7,8)72-64)53-49-21-17-19-23-51(49)54(52-24-20-18-22-50(52)53)68(47-37-29-43(30-38-47)65-73-59(9,10)60(11,12)74-65)48-39-31-44(32-40-48)66-75-61(13,14)62(15,16)76-66/h17-40H,1-16H3. The van der Waals surface area contributed by atoms with Crippen LogP contribution in [0.2, 0.25) is 0 Å². The van der Waals surface area contributed by atoms with Crippen molar-refractivity contribution in [3.63, 3.8) is 0 Å². The summed E-state index contributed by atoms with van der Waals surface area (Å²) in [6.45, 7) is 33.4. The number of rotatable bonds is 10. The van der Waals surface area contributed by atoms with Crippen LogP contribution in [0.25, 0.3) is 21.5 Å². The number of hydrogen-bond donors (Lipinski definition) is 0. The lowest BCUT2D eigenvalue weighted by atomic mass is 9.78. The molecule has 390 valence electrons. The molecule has 0 atom stereocenters. The molecule has 0 bridgehead atoms. The molecule has 4 fully saturated rings. The van der Waals surface area contributed by atoms with Crippen molar-refractivity contribution >= 4 is 106 Å². The lowest BCUT2D eigenvalue weighted by Crippen LogP contribution is -2.41. The van der Waals surface area contributed by atoms with Crippen LogP contribution >= 0.6 is 0 Å². The summed E-state index contributed by atoms with van der Waals surface area (Å²) >= 11 is 0. The molecule has 76 heavy (non-hydrogen) atoms. The average Bonchev–Trinajstić information content (AvgIpc) is 3.98. The quantitative estimate of drug-likeness (QED) is 0.0751. The van der Waals surface area contributed by atoms with Gasteiger partial charge in [0.25, 0.3) is 0 Å².